The van der Waals surface area contributed by atoms with Crippen LogP contribution in [0.2, 0.25) is 5.02 Å². The Balaban J connectivity index is 1.34. The van der Waals surface area contributed by atoms with Gasteiger partial charge in [0.2, 0.25) is 5.91 Å². The van der Waals surface area contributed by atoms with Gasteiger partial charge in [-0.05, 0) is 67.3 Å². The highest BCUT2D eigenvalue weighted by Crippen LogP contribution is 2.32. The third-order valence-corrected chi connectivity index (χ3v) is 7.55. The largest absolute Gasteiger partial charge is 0.494 e. The van der Waals surface area contributed by atoms with E-state index in [1.54, 1.807) is 0 Å². The molecule has 1 amide bonds. The van der Waals surface area contributed by atoms with Gasteiger partial charge >= 0.3 is 0 Å². The molecule has 4 aromatic rings. The van der Waals surface area contributed by atoms with Gasteiger partial charge < -0.3 is 14.0 Å². The highest BCUT2D eigenvalue weighted by atomic mass is 35.5. The fourth-order valence-corrected chi connectivity index (χ4v) is 5.24. The molecule has 3 heterocycles. The first kappa shape index (κ1) is 24.0. The highest BCUT2D eigenvalue weighted by molar-refractivity contribution is 6.30. The van der Waals surface area contributed by atoms with Gasteiger partial charge in [-0.3, -0.25) is 9.69 Å². The van der Waals surface area contributed by atoms with Crippen LogP contribution < -0.4 is 4.74 Å². The van der Waals surface area contributed by atoms with Crippen molar-refractivity contribution in [3.63, 3.8) is 0 Å². The Morgan fingerprint density at radius 3 is 2.46 bits per heavy atom. The van der Waals surface area contributed by atoms with E-state index in [-0.39, 0.29) is 5.92 Å². The van der Waals surface area contributed by atoms with Gasteiger partial charge in [0.15, 0.2) is 0 Å². The Kier molecular flexibility index (Phi) is 6.61. The average molecular weight is 515 g/mol. The normalized spacial score (nSPS) is 16.3. The number of hydrogen-bond donors (Lipinski definition) is 0. The molecule has 2 aromatic carbocycles. The number of amides is 1. The zero-order valence-electron chi connectivity index (χ0n) is 21.1. The number of hydrogen-bond acceptors (Lipinski definition) is 4. The predicted molar refractivity (Wildman–Crippen MR) is 147 cm³/mol. The number of aromatic nitrogens is 2. The van der Waals surface area contributed by atoms with Crippen LogP contribution in [-0.2, 0) is 11.3 Å². The molecule has 2 fully saturated rings. The number of ether oxygens (including phenoxy) is 1. The molecule has 7 heteroatoms. The van der Waals surface area contributed by atoms with E-state index in [9.17, 15) is 4.79 Å². The summed E-state index contributed by atoms with van der Waals surface area (Å²) in [7, 11) is 0. The number of piperazine rings is 1. The molecule has 190 valence electrons. The number of fused-ring (bicyclic) bond motifs is 1. The quantitative estimate of drug-likeness (QED) is 0.314. The first-order valence-corrected chi connectivity index (χ1v) is 13.5. The van der Waals surface area contributed by atoms with Crippen molar-refractivity contribution in [1.82, 2.24) is 19.2 Å². The molecule has 6 nitrogen and oxygen atoms in total. The summed E-state index contributed by atoms with van der Waals surface area (Å²) < 4.78 is 7.95. The fourth-order valence-electron chi connectivity index (χ4n) is 5.11. The minimum absolute atomic E-state index is 0.279. The van der Waals surface area contributed by atoms with E-state index in [4.69, 9.17) is 21.3 Å². The number of pyridine rings is 1. The summed E-state index contributed by atoms with van der Waals surface area (Å²) in [6.45, 7) is 6.70. The zero-order chi connectivity index (χ0) is 25.4. The third-order valence-electron chi connectivity index (χ3n) is 7.30. The molecule has 0 radical (unpaired) electrons. The first-order chi connectivity index (χ1) is 18.1. The molecule has 1 saturated carbocycles. The van der Waals surface area contributed by atoms with Crippen LogP contribution in [0.15, 0.2) is 66.9 Å². The molecular formula is C30H31ClN4O2. The Hall–Kier alpha value is -3.35. The summed E-state index contributed by atoms with van der Waals surface area (Å²) in [5.41, 5.74) is 6.27. The van der Waals surface area contributed by atoms with E-state index in [1.807, 2.05) is 48.2 Å². The maximum absolute atomic E-state index is 12.5. The summed E-state index contributed by atoms with van der Waals surface area (Å²) >= 11 is 6.19. The van der Waals surface area contributed by atoms with Gasteiger partial charge in [-0.25, -0.2) is 4.98 Å². The summed E-state index contributed by atoms with van der Waals surface area (Å²) in [6.07, 6.45) is 4.29. The zero-order valence-corrected chi connectivity index (χ0v) is 21.8. The van der Waals surface area contributed by atoms with Crippen LogP contribution in [0.4, 0.5) is 0 Å². The maximum atomic E-state index is 12.5. The number of imidazole rings is 1. The van der Waals surface area contributed by atoms with Crippen molar-refractivity contribution < 1.29 is 9.53 Å². The Labute approximate surface area is 222 Å². The van der Waals surface area contributed by atoms with Gasteiger partial charge in [0.1, 0.15) is 11.4 Å². The van der Waals surface area contributed by atoms with Crippen molar-refractivity contribution in [2.75, 3.05) is 32.8 Å². The summed E-state index contributed by atoms with van der Waals surface area (Å²) in [5.74, 6) is 1.49. The molecule has 0 bridgehead atoms. The van der Waals surface area contributed by atoms with Crippen LogP contribution in [0.25, 0.3) is 28.0 Å². The fraction of sp³-hybridized carbons (Fsp3) is 0.333. The van der Waals surface area contributed by atoms with Gasteiger partial charge in [-0.1, -0.05) is 35.9 Å². The van der Waals surface area contributed by atoms with Crippen LogP contribution in [0, 0.1) is 5.92 Å². The van der Waals surface area contributed by atoms with E-state index >= 15 is 0 Å². The smallest absolute Gasteiger partial charge is 0.225 e. The van der Waals surface area contributed by atoms with Crippen molar-refractivity contribution >= 4 is 23.2 Å². The monoisotopic (exact) mass is 514 g/mol. The lowest BCUT2D eigenvalue weighted by atomic mass is 10.1. The Morgan fingerprint density at radius 1 is 0.973 bits per heavy atom. The second-order valence-electron chi connectivity index (χ2n) is 9.90. The molecule has 2 aromatic heterocycles. The second kappa shape index (κ2) is 10.2. The molecule has 0 atom stereocenters. The highest BCUT2D eigenvalue weighted by Gasteiger charge is 2.34. The molecule has 6 rings (SSSR count). The van der Waals surface area contributed by atoms with Crippen molar-refractivity contribution in [2.45, 2.75) is 26.3 Å². The molecule has 37 heavy (non-hydrogen) atoms. The van der Waals surface area contributed by atoms with E-state index in [2.05, 4.69) is 39.8 Å². The Bertz CT molecular complexity index is 1420. The summed E-state index contributed by atoms with van der Waals surface area (Å²) in [6, 6.07) is 20.3. The molecule has 0 N–H and O–H groups in total. The van der Waals surface area contributed by atoms with E-state index < -0.39 is 0 Å². The minimum Gasteiger partial charge on any atom is -0.494 e. The molecular weight excluding hydrogens is 484 g/mol. The summed E-state index contributed by atoms with van der Waals surface area (Å²) in [5, 5.41) is 0.710. The van der Waals surface area contributed by atoms with Crippen LogP contribution >= 0.6 is 11.6 Å². The van der Waals surface area contributed by atoms with Gasteiger partial charge in [-0.2, -0.15) is 0 Å². The van der Waals surface area contributed by atoms with Crippen molar-refractivity contribution in [3.05, 3.63) is 77.6 Å². The number of nitrogens with zero attached hydrogens (tertiary/aromatic N) is 4. The number of benzene rings is 2. The first-order valence-electron chi connectivity index (χ1n) is 13.1. The topological polar surface area (TPSA) is 50.1 Å². The van der Waals surface area contributed by atoms with Crippen LogP contribution in [0.3, 0.4) is 0 Å². The van der Waals surface area contributed by atoms with E-state index in [0.29, 0.717) is 17.5 Å². The van der Waals surface area contributed by atoms with Crippen LogP contribution in [0.5, 0.6) is 5.75 Å². The molecule has 1 aliphatic heterocycles. The van der Waals surface area contributed by atoms with Gasteiger partial charge in [0.25, 0.3) is 0 Å². The Morgan fingerprint density at radius 2 is 1.73 bits per heavy atom. The van der Waals surface area contributed by atoms with Crippen molar-refractivity contribution in [1.29, 1.82) is 0 Å². The standard InChI is InChI=1S/C30H31ClN4O2/c1-2-37-26-5-3-4-23(18-26)24-10-13-28-32-29(21-8-11-25(31)12-9-21)27(35(28)19-24)20-33-14-16-34(17-15-33)30(36)22-6-7-22/h3-5,8-13,18-19,22H,2,6-7,14-17,20H2,1H3. The van der Waals surface area contributed by atoms with Gasteiger partial charge in [0.05, 0.1) is 18.0 Å². The lowest BCUT2D eigenvalue weighted by Gasteiger charge is -2.35. The lowest BCUT2D eigenvalue weighted by Crippen LogP contribution is -2.48. The van der Waals surface area contributed by atoms with E-state index in [1.165, 1.54) is 0 Å². The number of halogens is 1. The molecule has 1 saturated heterocycles. The predicted octanol–water partition coefficient (Wildman–Crippen LogP) is 5.77. The SMILES string of the molecule is CCOc1cccc(-c2ccc3nc(-c4ccc(Cl)cc4)c(CN4CCN(C(=O)C5CC5)CC4)n3c2)c1. The minimum atomic E-state index is 0.279. The average Bonchev–Trinajstić information content (AvgIpc) is 3.72. The molecule has 2 aliphatic rings. The van der Waals surface area contributed by atoms with Gasteiger partial charge in [0, 0.05) is 55.4 Å². The maximum Gasteiger partial charge on any atom is 0.225 e. The molecule has 0 unspecified atom stereocenters. The number of carbonyl (C=O) groups excluding carboxylic acids is 1. The second-order valence-corrected chi connectivity index (χ2v) is 10.3. The van der Waals surface area contributed by atoms with Crippen molar-refractivity contribution in [2.24, 2.45) is 5.92 Å². The van der Waals surface area contributed by atoms with Gasteiger partial charge in [-0.15, -0.1) is 0 Å². The van der Waals surface area contributed by atoms with Crippen LogP contribution in [-0.4, -0.2) is 57.9 Å². The molecule has 0 spiro atoms. The van der Waals surface area contributed by atoms with Crippen molar-refractivity contribution in [3.8, 4) is 28.1 Å². The van der Waals surface area contributed by atoms with Crippen LogP contribution in [0.1, 0.15) is 25.5 Å². The van der Waals surface area contributed by atoms with E-state index in [0.717, 1.165) is 85.0 Å². The summed E-state index contributed by atoms with van der Waals surface area (Å²) in [4.78, 5) is 22.1. The number of carbonyl (C=O) groups is 1. The third kappa shape index (κ3) is 5.09. The number of rotatable bonds is 7. The molecule has 1 aliphatic carbocycles. The lowest BCUT2D eigenvalue weighted by molar-refractivity contribution is -0.134.